The molecule has 0 amide bonds. The first kappa shape index (κ1) is 9.60. The van der Waals surface area contributed by atoms with Crippen molar-refractivity contribution >= 4 is 37.8 Å². The summed E-state index contributed by atoms with van der Waals surface area (Å²) < 4.78 is 13.0. The summed E-state index contributed by atoms with van der Waals surface area (Å²) in [6.07, 6.45) is 0. The Kier molecular flexibility index (Phi) is 2.79. The molecule has 64 valence electrons. The molecule has 1 rings (SSSR count). The van der Waals surface area contributed by atoms with Crippen molar-refractivity contribution in [3.63, 3.8) is 0 Å². The Morgan fingerprint density at radius 1 is 1.50 bits per heavy atom. The highest BCUT2D eigenvalue weighted by Gasteiger charge is 2.13. The van der Waals surface area contributed by atoms with Gasteiger partial charge < -0.3 is 5.11 Å². The molecule has 1 aromatic rings. The summed E-state index contributed by atoms with van der Waals surface area (Å²) in [7, 11) is 0. The summed E-state index contributed by atoms with van der Waals surface area (Å²) in [5.41, 5.74) is -0.337. The van der Waals surface area contributed by atoms with Crippen LogP contribution in [0, 0.1) is 5.95 Å². The first-order chi connectivity index (χ1) is 5.52. The van der Waals surface area contributed by atoms with Crippen molar-refractivity contribution in [3.8, 4) is 0 Å². The third-order valence-corrected chi connectivity index (χ3v) is 2.25. The summed E-state index contributed by atoms with van der Waals surface area (Å²) in [5.74, 6) is -2.11. The van der Waals surface area contributed by atoms with Crippen molar-refractivity contribution in [1.29, 1.82) is 0 Å². The monoisotopic (exact) mass is 297 g/mol. The lowest BCUT2D eigenvalue weighted by Gasteiger charge is -1.98. The summed E-state index contributed by atoms with van der Waals surface area (Å²) in [6.45, 7) is 0. The highest BCUT2D eigenvalue weighted by atomic mass is 79.9. The van der Waals surface area contributed by atoms with Crippen LogP contribution >= 0.6 is 31.9 Å². The number of hydrogen-bond acceptors (Lipinski definition) is 2. The van der Waals surface area contributed by atoms with Crippen LogP contribution in [0.5, 0.6) is 0 Å². The first-order valence-electron chi connectivity index (χ1n) is 2.77. The van der Waals surface area contributed by atoms with Crippen LogP contribution in [0.3, 0.4) is 0 Å². The van der Waals surface area contributed by atoms with Crippen molar-refractivity contribution in [2.75, 3.05) is 0 Å². The zero-order chi connectivity index (χ0) is 9.30. The Morgan fingerprint density at radius 2 is 2.08 bits per heavy atom. The summed E-state index contributed by atoms with van der Waals surface area (Å²) >= 11 is 5.81. The van der Waals surface area contributed by atoms with E-state index in [2.05, 4.69) is 36.8 Å². The molecule has 1 N–H and O–H groups in total. The van der Waals surface area contributed by atoms with E-state index in [0.717, 1.165) is 0 Å². The summed E-state index contributed by atoms with van der Waals surface area (Å²) in [4.78, 5) is 13.6. The molecule has 6 heteroatoms. The minimum Gasteiger partial charge on any atom is -0.476 e. The van der Waals surface area contributed by atoms with Gasteiger partial charge in [0, 0.05) is 0 Å². The smallest absolute Gasteiger partial charge is 0.355 e. The molecular weight excluding hydrogens is 297 g/mol. The molecule has 0 atom stereocenters. The quantitative estimate of drug-likeness (QED) is 0.810. The maximum atomic E-state index is 12.7. The Hall–Kier alpha value is -0.490. The molecule has 0 aromatic carbocycles. The van der Waals surface area contributed by atoms with Gasteiger partial charge in [0.2, 0.25) is 5.95 Å². The van der Waals surface area contributed by atoms with Crippen molar-refractivity contribution in [3.05, 3.63) is 26.7 Å². The highest BCUT2D eigenvalue weighted by molar-refractivity contribution is 9.11. The lowest BCUT2D eigenvalue weighted by Crippen LogP contribution is -2.03. The second kappa shape index (κ2) is 3.49. The number of aromatic nitrogens is 1. The molecule has 1 heterocycles. The van der Waals surface area contributed by atoms with Crippen molar-refractivity contribution in [2.24, 2.45) is 0 Å². The third-order valence-electron chi connectivity index (χ3n) is 1.09. The van der Waals surface area contributed by atoms with E-state index in [9.17, 15) is 9.18 Å². The molecule has 0 aliphatic carbocycles. The van der Waals surface area contributed by atoms with Gasteiger partial charge >= 0.3 is 5.97 Å². The molecule has 1 aromatic heterocycles. The molecule has 0 spiro atoms. The lowest BCUT2D eigenvalue weighted by atomic mass is 10.3. The number of rotatable bonds is 1. The van der Waals surface area contributed by atoms with Crippen LogP contribution in [0.4, 0.5) is 4.39 Å². The number of carboxylic acid groups (broad SMARTS) is 1. The molecular formula is C6H2Br2FNO2. The SMILES string of the molecule is O=C(O)c1nc(F)c(Br)cc1Br. The van der Waals surface area contributed by atoms with Gasteiger partial charge in [-0.25, -0.2) is 9.78 Å². The van der Waals surface area contributed by atoms with E-state index in [1.54, 1.807) is 0 Å². The van der Waals surface area contributed by atoms with Crippen LogP contribution in [0.1, 0.15) is 10.5 Å². The number of halogens is 3. The molecule has 0 radical (unpaired) electrons. The second-order valence-electron chi connectivity index (χ2n) is 1.90. The molecule has 0 aliphatic rings. The van der Waals surface area contributed by atoms with Crippen LogP contribution in [0.15, 0.2) is 15.0 Å². The van der Waals surface area contributed by atoms with E-state index >= 15 is 0 Å². The molecule has 0 saturated heterocycles. The predicted octanol–water partition coefficient (Wildman–Crippen LogP) is 2.44. The van der Waals surface area contributed by atoms with Crippen molar-refractivity contribution in [1.82, 2.24) is 4.98 Å². The Morgan fingerprint density at radius 3 is 2.58 bits per heavy atom. The number of aromatic carboxylic acids is 1. The van der Waals surface area contributed by atoms with Crippen LogP contribution in [-0.4, -0.2) is 16.1 Å². The van der Waals surface area contributed by atoms with E-state index < -0.39 is 11.9 Å². The van der Waals surface area contributed by atoms with Gasteiger partial charge in [-0.1, -0.05) is 0 Å². The van der Waals surface area contributed by atoms with E-state index in [1.807, 2.05) is 0 Å². The van der Waals surface area contributed by atoms with Gasteiger partial charge in [-0.05, 0) is 37.9 Å². The minimum absolute atomic E-state index is 0.124. The van der Waals surface area contributed by atoms with Gasteiger partial charge in [-0.15, -0.1) is 0 Å². The standard InChI is InChI=1S/C6H2Br2FNO2/c7-2-1-3(8)5(9)10-4(2)6(11)12/h1H,(H,11,12). The minimum atomic E-state index is -1.27. The number of nitrogens with zero attached hydrogens (tertiary/aromatic N) is 1. The zero-order valence-corrected chi connectivity index (χ0v) is 8.69. The van der Waals surface area contributed by atoms with Crippen LogP contribution in [0.25, 0.3) is 0 Å². The predicted molar refractivity (Wildman–Crippen MR) is 46.6 cm³/mol. The van der Waals surface area contributed by atoms with Gasteiger partial charge in [0.25, 0.3) is 0 Å². The van der Waals surface area contributed by atoms with Crippen LogP contribution in [0.2, 0.25) is 0 Å². The van der Waals surface area contributed by atoms with Gasteiger partial charge in [-0.3, -0.25) is 0 Å². The Balaban J connectivity index is 3.33. The maximum absolute atomic E-state index is 12.7. The fraction of sp³-hybridized carbons (Fsp3) is 0. The van der Waals surface area contributed by atoms with E-state index in [-0.39, 0.29) is 14.6 Å². The van der Waals surface area contributed by atoms with E-state index in [0.29, 0.717) is 0 Å². The van der Waals surface area contributed by atoms with E-state index in [4.69, 9.17) is 5.11 Å². The molecule has 0 aliphatic heterocycles. The first-order valence-corrected chi connectivity index (χ1v) is 4.36. The lowest BCUT2D eigenvalue weighted by molar-refractivity contribution is 0.0688. The maximum Gasteiger partial charge on any atom is 0.355 e. The highest BCUT2D eigenvalue weighted by Crippen LogP contribution is 2.22. The summed E-state index contributed by atoms with van der Waals surface area (Å²) in [5, 5.41) is 8.51. The van der Waals surface area contributed by atoms with Crippen molar-refractivity contribution in [2.45, 2.75) is 0 Å². The number of pyridine rings is 1. The molecule has 0 saturated carbocycles. The average molecular weight is 299 g/mol. The largest absolute Gasteiger partial charge is 0.476 e. The number of carboxylic acids is 1. The summed E-state index contributed by atoms with van der Waals surface area (Å²) in [6, 6.07) is 1.30. The van der Waals surface area contributed by atoms with Crippen LogP contribution in [-0.2, 0) is 0 Å². The van der Waals surface area contributed by atoms with Crippen LogP contribution < -0.4 is 0 Å². The fourth-order valence-electron chi connectivity index (χ4n) is 0.594. The molecule has 3 nitrogen and oxygen atoms in total. The van der Waals surface area contributed by atoms with Gasteiger partial charge in [0.1, 0.15) is 0 Å². The van der Waals surface area contributed by atoms with Gasteiger partial charge in [-0.2, -0.15) is 4.39 Å². The second-order valence-corrected chi connectivity index (χ2v) is 3.61. The van der Waals surface area contributed by atoms with Gasteiger partial charge in [0.05, 0.1) is 8.95 Å². The van der Waals surface area contributed by atoms with E-state index in [1.165, 1.54) is 6.07 Å². The fourth-order valence-corrected chi connectivity index (χ4v) is 1.71. The molecule has 0 unspecified atom stereocenters. The molecule has 0 fully saturated rings. The van der Waals surface area contributed by atoms with Gasteiger partial charge in [0.15, 0.2) is 5.69 Å². The number of carbonyl (C=O) groups is 1. The number of hydrogen-bond donors (Lipinski definition) is 1. The molecule has 0 bridgehead atoms. The normalized spacial score (nSPS) is 9.92. The Labute approximate surface area is 83.9 Å². The molecule has 12 heavy (non-hydrogen) atoms. The average Bonchev–Trinajstić information content (AvgIpc) is 1.96. The topological polar surface area (TPSA) is 50.2 Å². The Bertz CT molecular complexity index is 343. The zero-order valence-electron chi connectivity index (χ0n) is 5.51. The third kappa shape index (κ3) is 1.81. The van der Waals surface area contributed by atoms with Crippen molar-refractivity contribution < 1.29 is 14.3 Å².